The Morgan fingerprint density at radius 1 is 0.974 bits per heavy atom. The van der Waals surface area contributed by atoms with Crippen LogP contribution in [0.15, 0.2) is 96.5 Å². The molecule has 3 aromatic carbocycles. The highest BCUT2D eigenvalue weighted by Crippen LogP contribution is 2.48. The van der Waals surface area contributed by atoms with Crippen LogP contribution >= 0.6 is 0 Å². The van der Waals surface area contributed by atoms with Gasteiger partial charge in [0.25, 0.3) is 0 Å². The fourth-order valence-corrected chi connectivity index (χ4v) is 5.05. The lowest BCUT2D eigenvalue weighted by atomic mass is 9.88. The van der Waals surface area contributed by atoms with E-state index >= 15 is 0 Å². The molecule has 0 aromatic heterocycles. The van der Waals surface area contributed by atoms with Crippen LogP contribution in [0.2, 0.25) is 0 Å². The van der Waals surface area contributed by atoms with Crippen molar-refractivity contribution in [3.8, 4) is 0 Å². The average Bonchev–Trinajstić information content (AvgIpc) is 3.74. The predicted octanol–water partition coefficient (Wildman–Crippen LogP) is 6.39. The first-order valence-corrected chi connectivity index (χ1v) is 13.1. The first-order valence-electron chi connectivity index (χ1n) is 13.1. The normalized spacial score (nSPS) is 16.2. The summed E-state index contributed by atoms with van der Waals surface area (Å²) >= 11 is 0. The van der Waals surface area contributed by atoms with Crippen LogP contribution in [-0.4, -0.2) is 48.2 Å². The molecule has 5 rings (SSSR count). The van der Waals surface area contributed by atoms with Gasteiger partial charge < -0.3 is 9.80 Å². The van der Waals surface area contributed by atoms with Crippen molar-refractivity contribution in [2.24, 2.45) is 10.9 Å². The van der Waals surface area contributed by atoms with Gasteiger partial charge in [-0.3, -0.25) is 4.79 Å². The Hall–Kier alpha value is -3.99. The molecule has 3 aromatic rings. The molecule has 1 radical (unpaired) electrons. The molecule has 38 heavy (non-hydrogen) atoms. The van der Waals surface area contributed by atoms with E-state index in [-0.39, 0.29) is 18.3 Å². The summed E-state index contributed by atoms with van der Waals surface area (Å²) in [5, 5.41) is 0. The van der Waals surface area contributed by atoms with Gasteiger partial charge in [0.2, 0.25) is 5.91 Å². The van der Waals surface area contributed by atoms with Crippen LogP contribution in [0, 0.1) is 24.6 Å². The van der Waals surface area contributed by atoms with Gasteiger partial charge in [-0.1, -0.05) is 72.8 Å². The van der Waals surface area contributed by atoms with E-state index in [2.05, 4.69) is 36.9 Å². The number of rotatable bonds is 7. The number of nitrogens with zero attached hydrogens (tertiary/aromatic N) is 3. The number of benzene rings is 3. The lowest BCUT2D eigenvalue weighted by Crippen LogP contribution is -2.45. The Kier molecular flexibility index (Phi) is 7.54. The van der Waals surface area contributed by atoms with Gasteiger partial charge in [0, 0.05) is 31.6 Å². The smallest absolute Gasteiger partial charge is 0.242 e. The fourth-order valence-electron chi connectivity index (χ4n) is 5.05. The van der Waals surface area contributed by atoms with E-state index in [1.54, 1.807) is 12.1 Å². The number of allylic oxidation sites excluding steroid dienone is 2. The van der Waals surface area contributed by atoms with Gasteiger partial charge in [-0.15, -0.1) is 0 Å². The number of amidine groups is 1. The van der Waals surface area contributed by atoms with Gasteiger partial charge >= 0.3 is 0 Å². The Morgan fingerprint density at radius 3 is 2.26 bits per heavy atom. The molecule has 5 heteroatoms. The quantitative estimate of drug-likeness (QED) is 0.275. The molecule has 1 amide bonds. The van der Waals surface area contributed by atoms with Crippen LogP contribution < -0.4 is 0 Å². The summed E-state index contributed by atoms with van der Waals surface area (Å²) in [6, 6.07) is 24.7. The van der Waals surface area contributed by atoms with Crippen molar-refractivity contribution >= 4 is 23.0 Å². The molecule has 0 spiro atoms. The van der Waals surface area contributed by atoms with Crippen LogP contribution in [0.25, 0.3) is 11.3 Å². The second-order valence-corrected chi connectivity index (χ2v) is 10.1. The highest BCUT2D eigenvalue weighted by atomic mass is 19.1. The third-order valence-corrected chi connectivity index (χ3v) is 7.36. The van der Waals surface area contributed by atoms with E-state index in [1.165, 1.54) is 29.2 Å². The topological polar surface area (TPSA) is 35.9 Å². The van der Waals surface area contributed by atoms with Crippen LogP contribution in [0.5, 0.6) is 0 Å². The molecule has 1 fully saturated rings. The van der Waals surface area contributed by atoms with E-state index in [9.17, 15) is 9.18 Å². The van der Waals surface area contributed by atoms with Crippen molar-refractivity contribution in [1.29, 1.82) is 0 Å². The summed E-state index contributed by atoms with van der Waals surface area (Å²) in [6.45, 7) is 7.87. The van der Waals surface area contributed by atoms with E-state index in [0.29, 0.717) is 17.5 Å². The van der Waals surface area contributed by atoms with E-state index < -0.39 is 0 Å². The van der Waals surface area contributed by atoms with E-state index in [0.717, 1.165) is 42.6 Å². The molecule has 1 aliphatic carbocycles. The number of likely N-dealkylation sites (N-methyl/N-ethyl adjacent to an activating group) is 1. The molecule has 1 aliphatic heterocycles. The van der Waals surface area contributed by atoms with Crippen molar-refractivity contribution in [3.63, 3.8) is 0 Å². The molecule has 0 unspecified atom stereocenters. The Bertz CT molecular complexity index is 1350. The standard InChI is InChI=1S/C33H33FN3O/c1-23-9-11-25(12-10-23)24(2)35-33(28-13-15-29(34)16-14-28)36(3)22-32(38)37-19-17-27(18-20-37)31-21-30(31)26-7-5-4-6-8-26/h4-16,21,27H,2,17-20,22H2,1,3H3. The first-order chi connectivity index (χ1) is 18.4. The zero-order valence-electron chi connectivity index (χ0n) is 22.0. The van der Waals surface area contributed by atoms with Crippen molar-refractivity contribution < 1.29 is 9.18 Å². The zero-order valence-corrected chi connectivity index (χ0v) is 22.0. The summed E-state index contributed by atoms with van der Waals surface area (Å²) in [6.07, 6.45) is 4.24. The Morgan fingerprint density at radius 2 is 1.61 bits per heavy atom. The molecule has 0 atom stereocenters. The van der Waals surface area contributed by atoms with Gasteiger partial charge in [0.05, 0.1) is 12.2 Å². The molecule has 1 saturated heterocycles. The number of amides is 1. The molecule has 1 heterocycles. The van der Waals surface area contributed by atoms with Crippen molar-refractivity contribution in [2.75, 3.05) is 26.7 Å². The number of piperidine rings is 1. The molecule has 4 nitrogen and oxygen atoms in total. The monoisotopic (exact) mass is 506 g/mol. The summed E-state index contributed by atoms with van der Waals surface area (Å²) in [4.78, 5) is 21.9. The minimum Gasteiger partial charge on any atom is -0.350 e. The van der Waals surface area contributed by atoms with Gasteiger partial charge in [-0.25, -0.2) is 9.38 Å². The van der Waals surface area contributed by atoms with Crippen molar-refractivity contribution in [1.82, 2.24) is 9.80 Å². The number of aliphatic imine (C=N–C) groups is 1. The van der Waals surface area contributed by atoms with Crippen LogP contribution in [-0.2, 0) is 4.79 Å². The molecule has 2 aliphatic rings. The SMILES string of the molecule is C=C(N=C(c1ccc(F)cc1)N(C)CC(=O)N1CCC([C]2C=C2c2ccccc2)CC1)c1ccc(C)cc1. The van der Waals surface area contributed by atoms with E-state index in [4.69, 9.17) is 4.99 Å². The number of aryl methyl sites for hydroxylation is 1. The number of hydrogen-bond acceptors (Lipinski definition) is 2. The van der Waals surface area contributed by atoms with E-state index in [1.807, 2.05) is 54.1 Å². The fraction of sp³-hybridized carbons (Fsp3) is 0.242. The number of hydrogen-bond donors (Lipinski definition) is 0. The number of halogens is 1. The lowest BCUT2D eigenvalue weighted by Gasteiger charge is -2.34. The summed E-state index contributed by atoms with van der Waals surface area (Å²) < 4.78 is 13.6. The third-order valence-electron chi connectivity index (χ3n) is 7.36. The van der Waals surface area contributed by atoms with Gasteiger partial charge in [-0.05, 0) is 66.6 Å². The van der Waals surface area contributed by atoms with Crippen molar-refractivity contribution in [3.05, 3.63) is 126 Å². The lowest BCUT2D eigenvalue weighted by molar-refractivity contribution is -0.132. The molecule has 0 N–H and O–H groups in total. The minimum atomic E-state index is -0.314. The minimum absolute atomic E-state index is 0.0683. The maximum absolute atomic E-state index is 13.6. The summed E-state index contributed by atoms with van der Waals surface area (Å²) in [5.74, 6) is 2.30. The molecular formula is C33H33FN3O. The summed E-state index contributed by atoms with van der Waals surface area (Å²) in [5.41, 5.74) is 6.03. The third kappa shape index (κ3) is 5.94. The first kappa shape index (κ1) is 25.7. The molecular weight excluding hydrogens is 473 g/mol. The average molecular weight is 507 g/mol. The Balaban J connectivity index is 1.23. The second-order valence-electron chi connectivity index (χ2n) is 10.1. The molecule has 0 saturated carbocycles. The number of likely N-dealkylation sites (tertiary alicyclic amines) is 1. The molecule has 0 bridgehead atoms. The Labute approximate surface area is 224 Å². The zero-order chi connectivity index (χ0) is 26.6. The van der Waals surface area contributed by atoms with Crippen LogP contribution in [0.3, 0.4) is 0 Å². The highest BCUT2D eigenvalue weighted by Gasteiger charge is 2.37. The number of carbonyl (C=O) groups is 1. The van der Waals surface area contributed by atoms with Crippen LogP contribution in [0.4, 0.5) is 4.39 Å². The van der Waals surface area contributed by atoms with Crippen molar-refractivity contribution in [2.45, 2.75) is 19.8 Å². The van der Waals surface area contributed by atoms with Crippen LogP contribution in [0.1, 0.15) is 35.1 Å². The molecule has 193 valence electrons. The predicted molar refractivity (Wildman–Crippen MR) is 153 cm³/mol. The summed E-state index contributed by atoms with van der Waals surface area (Å²) in [7, 11) is 1.85. The van der Waals surface area contributed by atoms with Gasteiger partial charge in [0.15, 0.2) is 0 Å². The highest BCUT2D eigenvalue weighted by molar-refractivity contribution is 6.03. The maximum Gasteiger partial charge on any atom is 0.242 e. The largest absolute Gasteiger partial charge is 0.350 e. The second kappa shape index (κ2) is 11.2. The van der Waals surface area contributed by atoms with Gasteiger partial charge in [-0.2, -0.15) is 0 Å². The maximum atomic E-state index is 13.6. The van der Waals surface area contributed by atoms with Gasteiger partial charge in [0.1, 0.15) is 11.7 Å². The number of carbonyl (C=O) groups excluding carboxylic acids is 1.